The van der Waals surface area contributed by atoms with Gasteiger partial charge in [-0.2, -0.15) is 0 Å². The highest BCUT2D eigenvalue weighted by atomic mass is 79.9. The molecule has 1 atom stereocenters. The van der Waals surface area contributed by atoms with E-state index in [-0.39, 0.29) is 24.9 Å². The fourth-order valence-corrected chi connectivity index (χ4v) is 5.16. The lowest BCUT2D eigenvalue weighted by molar-refractivity contribution is -0.126. The van der Waals surface area contributed by atoms with Crippen LogP contribution in [0.5, 0.6) is 0 Å². The van der Waals surface area contributed by atoms with Crippen LogP contribution in [0.3, 0.4) is 0 Å². The predicted molar refractivity (Wildman–Crippen MR) is 112 cm³/mol. The van der Waals surface area contributed by atoms with Crippen molar-refractivity contribution < 1.29 is 22.4 Å². The molecule has 0 bridgehead atoms. The first-order chi connectivity index (χ1) is 13.6. The Balaban J connectivity index is 1.79. The lowest BCUT2D eigenvalue weighted by Gasteiger charge is -2.36. The van der Waals surface area contributed by atoms with E-state index in [2.05, 4.69) is 15.9 Å². The quantitative estimate of drug-likeness (QED) is 0.623. The van der Waals surface area contributed by atoms with Gasteiger partial charge in [0.05, 0.1) is 17.3 Å². The first-order valence-corrected chi connectivity index (χ1v) is 11.7. The Morgan fingerprint density at radius 3 is 2.52 bits per heavy atom. The van der Waals surface area contributed by atoms with Crippen LogP contribution in [0.15, 0.2) is 53.0 Å². The van der Waals surface area contributed by atoms with Gasteiger partial charge in [-0.15, -0.1) is 0 Å². The summed E-state index contributed by atoms with van der Waals surface area (Å²) in [6.07, 6.45) is -0.0526. The number of hydrogen-bond donors (Lipinski definition) is 0. The molecule has 2 aromatic carbocycles. The van der Waals surface area contributed by atoms with Gasteiger partial charge >= 0.3 is 0 Å². The fourth-order valence-electron chi connectivity index (χ4n) is 3.15. The summed E-state index contributed by atoms with van der Waals surface area (Å²) >= 11 is 9.23. The molecule has 9 heteroatoms. The van der Waals surface area contributed by atoms with Crippen LogP contribution in [0.2, 0.25) is 5.02 Å². The largest absolute Gasteiger partial charge is 0.333 e. The van der Waals surface area contributed by atoms with E-state index in [0.717, 1.165) is 10.5 Å². The number of rotatable bonds is 5. The van der Waals surface area contributed by atoms with Gasteiger partial charge in [0.15, 0.2) is 15.6 Å². The molecular formula is C20H18BrClFNO4S. The summed E-state index contributed by atoms with van der Waals surface area (Å²) in [6, 6.07) is 13.4. The number of ketones is 1. The minimum atomic E-state index is -4.33. The summed E-state index contributed by atoms with van der Waals surface area (Å²) < 4.78 is 40.9. The summed E-state index contributed by atoms with van der Waals surface area (Å²) in [4.78, 5) is 26.4. The number of halogens is 3. The lowest BCUT2D eigenvalue weighted by atomic mass is 10.0. The number of hydrogen-bond acceptors (Lipinski definition) is 4. The normalized spacial score (nSPS) is 21.0. The average Bonchev–Trinajstić information content (AvgIpc) is 2.70. The highest BCUT2D eigenvalue weighted by molar-refractivity contribution is 9.10. The molecule has 0 radical (unpaired) electrons. The summed E-state index contributed by atoms with van der Waals surface area (Å²) in [5.41, 5.74) is 0.992. The van der Waals surface area contributed by atoms with Gasteiger partial charge in [0.1, 0.15) is 0 Å². The van der Waals surface area contributed by atoms with Crippen molar-refractivity contribution in [3.05, 3.63) is 69.2 Å². The van der Waals surface area contributed by atoms with Gasteiger partial charge < -0.3 is 4.90 Å². The molecule has 5 nitrogen and oxygen atoms in total. The molecule has 1 heterocycles. The molecule has 2 aromatic rings. The van der Waals surface area contributed by atoms with Crippen LogP contribution >= 0.6 is 27.5 Å². The lowest BCUT2D eigenvalue weighted by Crippen LogP contribution is -2.59. The Hall–Kier alpha value is -1.77. The van der Waals surface area contributed by atoms with Gasteiger partial charge in [-0.25, -0.2) is 12.8 Å². The summed E-state index contributed by atoms with van der Waals surface area (Å²) in [7, 11) is -4.33. The predicted octanol–water partition coefficient (Wildman–Crippen LogP) is 3.84. The highest BCUT2D eigenvalue weighted by Crippen LogP contribution is 2.31. The molecule has 1 saturated heterocycles. The first kappa shape index (κ1) is 21.9. The molecule has 0 unspecified atom stereocenters. The van der Waals surface area contributed by atoms with E-state index in [9.17, 15) is 18.0 Å². The zero-order valence-electron chi connectivity index (χ0n) is 15.3. The van der Waals surface area contributed by atoms with E-state index in [4.69, 9.17) is 11.6 Å². The van der Waals surface area contributed by atoms with E-state index in [1.165, 1.54) is 12.1 Å². The molecule has 0 saturated carbocycles. The molecule has 29 heavy (non-hydrogen) atoms. The second kappa shape index (κ2) is 8.53. The Bertz CT molecular complexity index is 1050. The molecule has 0 N–H and O–H groups in total. The maximum atomic E-state index is 15.6. The maximum Gasteiger partial charge on any atom is 0.284 e. The van der Waals surface area contributed by atoms with Crippen molar-refractivity contribution in [2.45, 2.75) is 17.8 Å². The Morgan fingerprint density at radius 1 is 1.17 bits per heavy atom. The number of carbonyl (C=O) groups is 2. The summed E-state index contributed by atoms with van der Waals surface area (Å²) in [5.74, 6) is -2.23. The van der Waals surface area contributed by atoms with Crippen LogP contribution in [0.4, 0.5) is 4.39 Å². The van der Waals surface area contributed by atoms with Crippen molar-refractivity contribution >= 4 is 49.1 Å². The van der Waals surface area contributed by atoms with Crippen LogP contribution in [-0.4, -0.2) is 48.9 Å². The van der Waals surface area contributed by atoms with Gasteiger partial charge in [0.2, 0.25) is 0 Å². The number of benzene rings is 2. The van der Waals surface area contributed by atoms with Gasteiger partial charge in [-0.05, 0) is 46.1 Å². The number of sulfone groups is 1. The number of alkyl halides is 1. The van der Waals surface area contributed by atoms with Crippen LogP contribution < -0.4 is 0 Å². The molecular weight excluding hydrogens is 485 g/mol. The second-order valence-electron chi connectivity index (χ2n) is 6.81. The molecule has 1 aliphatic heterocycles. The van der Waals surface area contributed by atoms with Crippen molar-refractivity contribution in [1.29, 1.82) is 0 Å². The van der Waals surface area contributed by atoms with Crippen LogP contribution in [0.25, 0.3) is 0 Å². The minimum Gasteiger partial charge on any atom is -0.333 e. The average molecular weight is 503 g/mol. The monoisotopic (exact) mass is 501 g/mol. The van der Waals surface area contributed by atoms with Crippen molar-refractivity contribution in [2.75, 3.05) is 18.8 Å². The van der Waals surface area contributed by atoms with E-state index < -0.39 is 38.8 Å². The third kappa shape index (κ3) is 4.54. The fraction of sp³-hybridized carbons (Fsp3) is 0.300. The minimum absolute atomic E-state index is 0.188. The Labute approximate surface area is 181 Å². The topological polar surface area (TPSA) is 71.5 Å². The van der Waals surface area contributed by atoms with Crippen molar-refractivity contribution in [3.63, 3.8) is 0 Å². The van der Waals surface area contributed by atoms with Crippen LogP contribution in [0, 0.1) is 0 Å². The van der Waals surface area contributed by atoms with E-state index in [0.29, 0.717) is 9.50 Å². The number of carbonyl (C=O) groups excluding carboxylic acids is 2. The standard InChI is InChI=1S/C20H18BrClFNO4S/c21-16-8-7-15(12-17(16)22)19(26)24-10-11-29(27,28)20(23,13-24)18(25)9-6-14-4-2-1-3-5-14/h1-5,7-8,12H,6,9-11,13H2/t20-/m1/s1. The Morgan fingerprint density at radius 2 is 1.86 bits per heavy atom. The van der Waals surface area contributed by atoms with Gasteiger partial charge in [-0.1, -0.05) is 41.9 Å². The number of Topliss-reactive ketones (excluding diaryl/α,β-unsaturated/α-hetero) is 1. The summed E-state index contributed by atoms with van der Waals surface area (Å²) in [6.45, 7) is -1.01. The Kier molecular flexibility index (Phi) is 6.45. The second-order valence-corrected chi connectivity index (χ2v) is 10.4. The third-order valence-corrected chi connectivity index (χ3v) is 8.17. The number of amides is 1. The van der Waals surface area contributed by atoms with Gasteiger partial charge in [0, 0.05) is 23.0 Å². The zero-order valence-corrected chi connectivity index (χ0v) is 18.4. The van der Waals surface area contributed by atoms with Gasteiger partial charge in [0.25, 0.3) is 10.9 Å². The SMILES string of the molecule is O=C(c1ccc(Br)c(Cl)c1)N1CCS(=O)(=O)[C@@](F)(C(=O)CCc2ccccc2)C1. The molecule has 154 valence electrons. The van der Waals surface area contributed by atoms with E-state index in [1.54, 1.807) is 30.3 Å². The van der Waals surface area contributed by atoms with Crippen molar-refractivity contribution in [1.82, 2.24) is 4.90 Å². The molecule has 1 amide bonds. The van der Waals surface area contributed by atoms with E-state index >= 15 is 4.39 Å². The molecule has 3 rings (SSSR count). The van der Waals surface area contributed by atoms with Gasteiger partial charge in [-0.3, -0.25) is 9.59 Å². The summed E-state index contributed by atoms with van der Waals surface area (Å²) in [5, 5.41) is -2.82. The smallest absolute Gasteiger partial charge is 0.284 e. The highest BCUT2D eigenvalue weighted by Gasteiger charge is 2.55. The number of aryl methyl sites for hydroxylation is 1. The molecule has 0 aliphatic carbocycles. The van der Waals surface area contributed by atoms with Crippen molar-refractivity contribution in [3.8, 4) is 0 Å². The molecule has 1 aliphatic rings. The third-order valence-electron chi connectivity index (χ3n) is 4.87. The van der Waals surface area contributed by atoms with Crippen molar-refractivity contribution in [2.24, 2.45) is 0 Å². The number of nitrogens with zero attached hydrogens (tertiary/aromatic N) is 1. The van der Waals surface area contributed by atoms with E-state index in [1.807, 2.05) is 6.07 Å². The molecule has 0 spiro atoms. The zero-order chi connectivity index (χ0) is 21.2. The first-order valence-electron chi connectivity index (χ1n) is 8.87. The maximum absolute atomic E-state index is 15.6. The molecule has 1 fully saturated rings. The van der Waals surface area contributed by atoms with Crippen LogP contribution in [-0.2, 0) is 21.1 Å². The molecule has 0 aromatic heterocycles. The van der Waals surface area contributed by atoms with Crippen LogP contribution in [0.1, 0.15) is 22.3 Å².